The van der Waals surface area contributed by atoms with Gasteiger partial charge < -0.3 is 10.6 Å². The molecule has 0 saturated carbocycles. The van der Waals surface area contributed by atoms with Gasteiger partial charge in [-0.3, -0.25) is 4.90 Å². The van der Waals surface area contributed by atoms with E-state index < -0.39 is 42.6 Å². The van der Waals surface area contributed by atoms with Crippen molar-refractivity contribution in [2.45, 2.75) is 37.8 Å². The number of hydrogen-bond acceptors (Lipinski definition) is 2. The molecule has 2 atom stereocenters. The second-order valence-electron chi connectivity index (χ2n) is 6.26. The molecular weight excluding hydrogens is 364 g/mol. The third-order valence-corrected chi connectivity index (χ3v) is 4.09. The Labute approximate surface area is 146 Å². The van der Waals surface area contributed by atoms with Gasteiger partial charge >= 0.3 is 18.4 Å². The van der Waals surface area contributed by atoms with Crippen molar-refractivity contribution < 1.29 is 31.1 Å². The molecule has 2 amide bonds. The number of nitrogens with one attached hydrogen (secondary N) is 2. The van der Waals surface area contributed by atoms with Crippen LogP contribution in [0.4, 0.5) is 31.1 Å². The van der Waals surface area contributed by atoms with Gasteiger partial charge in [0, 0.05) is 19.1 Å². The number of carbonyl (C=O) groups excluding carboxylic acids is 1. The lowest BCUT2D eigenvalue weighted by atomic mass is 10.0. The number of carbonyl (C=O) groups is 1. The molecule has 0 aliphatic carbocycles. The van der Waals surface area contributed by atoms with Crippen LogP contribution in [0.3, 0.4) is 0 Å². The predicted molar refractivity (Wildman–Crippen MR) is 82.4 cm³/mol. The fourth-order valence-electron chi connectivity index (χ4n) is 2.98. The summed E-state index contributed by atoms with van der Waals surface area (Å²) in [5.41, 5.74) is -0.926. The van der Waals surface area contributed by atoms with Gasteiger partial charge in [-0.05, 0) is 25.0 Å². The first-order chi connectivity index (χ1) is 12.0. The summed E-state index contributed by atoms with van der Waals surface area (Å²) in [5.74, 6) is 0. The fourth-order valence-corrected chi connectivity index (χ4v) is 2.98. The molecule has 26 heavy (non-hydrogen) atoms. The van der Waals surface area contributed by atoms with Crippen molar-refractivity contribution in [3.63, 3.8) is 0 Å². The topological polar surface area (TPSA) is 44.4 Å². The Morgan fingerprint density at radius 1 is 1.23 bits per heavy atom. The molecule has 1 fully saturated rings. The largest absolute Gasteiger partial charge is 0.416 e. The summed E-state index contributed by atoms with van der Waals surface area (Å²) < 4.78 is 76.2. The van der Waals surface area contributed by atoms with E-state index in [-0.39, 0.29) is 18.7 Å². The van der Waals surface area contributed by atoms with Crippen molar-refractivity contribution in [1.82, 2.24) is 15.5 Å². The first kappa shape index (κ1) is 20.3. The number of likely N-dealkylation sites (tertiary alicyclic amines) is 1. The lowest BCUT2D eigenvalue weighted by Crippen LogP contribution is -2.44. The molecule has 0 spiro atoms. The smallest absolute Gasteiger partial charge is 0.334 e. The third-order valence-electron chi connectivity index (χ3n) is 4.09. The van der Waals surface area contributed by atoms with E-state index >= 15 is 0 Å². The van der Waals surface area contributed by atoms with Gasteiger partial charge in [-0.25, -0.2) is 4.79 Å². The highest BCUT2D eigenvalue weighted by molar-refractivity contribution is 5.74. The van der Waals surface area contributed by atoms with Gasteiger partial charge in [0.15, 0.2) is 0 Å². The normalized spacial score (nSPS) is 20.0. The van der Waals surface area contributed by atoms with Gasteiger partial charge in [0.05, 0.1) is 18.2 Å². The lowest BCUT2D eigenvalue weighted by Gasteiger charge is -2.21. The summed E-state index contributed by atoms with van der Waals surface area (Å²) >= 11 is 0. The van der Waals surface area contributed by atoms with E-state index in [1.807, 2.05) is 0 Å². The van der Waals surface area contributed by atoms with Gasteiger partial charge in [-0.1, -0.05) is 18.2 Å². The van der Waals surface area contributed by atoms with Crippen molar-refractivity contribution in [2.75, 3.05) is 19.6 Å². The zero-order chi connectivity index (χ0) is 19.5. The molecule has 2 rings (SSSR count). The number of rotatable bonds is 4. The number of nitrogens with zero attached hydrogens (tertiary/aromatic N) is 1. The Balaban J connectivity index is 1.91. The van der Waals surface area contributed by atoms with Crippen LogP contribution in [0.1, 0.15) is 30.5 Å². The molecule has 1 heterocycles. The summed E-state index contributed by atoms with van der Waals surface area (Å²) in [5, 5.41) is 4.92. The van der Waals surface area contributed by atoms with Crippen LogP contribution in [-0.4, -0.2) is 42.8 Å². The maximum atomic E-state index is 13.0. The highest BCUT2D eigenvalue weighted by Crippen LogP contribution is 2.34. The van der Waals surface area contributed by atoms with E-state index in [1.54, 1.807) is 0 Å². The van der Waals surface area contributed by atoms with Crippen LogP contribution >= 0.6 is 0 Å². The summed E-state index contributed by atoms with van der Waals surface area (Å²) in [6.07, 6.45) is -8.52. The average molecular weight is 383 g/mol. The monoisotopic (exact) mass is 383 g/mol. The Bertz CT molecular complexity index is 631. The summed E-state index contributed by atoms with van der Waals surface area (Å²) in [4.78, 5) is 13.2. The Morgan fingerprint density at radius 3 is 2.50 bits per heavy atom. The summed E-state index contributed by atoms with van der Waals surface area (Å²) in [7, 11) is 0. The maximum Gasteiger partial charge on any atom is 0.416 e. The number of benzene rings is 1. The molecule has 0 aromatic heterocycles. The van der Waals surface area contributed by atoms with Crippen molar-refractivity contribution in [3.8, 4) is 0 Å². The van der Waals surface area contributed by atoms with Crippen LogP contribution in [0, 0.1) is 0 Å². The van der Waals surface area contributed by atoms with Crippen LogP contribution < -0.4 is 10.6 Å². The Kier molecular flexibility index (Phi) is 6.05. The molecule has 10 heteroatoms. The number of hydrogen-bond donors (Lipinski definition) is 2. The molecule has 4 nitrogen and oxygen atoms in total. The number of alkyl halides is 6. The molecule has 1 aromatic carbocycles. The molecule has 1 aliphatic heterocycles. The minimum Gasteiger partial charge on any atom is -0.334 e. The Hall–Kier alpha value is -1.97. The number of amides is 2. The SMILES string of the molecule is CC(NC(=O)NC1CCN(CC(F)(F)F)C1)c1ccccc1C(F)(F)F. The van der Waals surface area contributed by atoms with Crippen LogP contribution in [0.2, 0.25) is 0 Å². The summed E-state index contributed by atoms with van der Waals surface area (Å²) in [6.45, 7) is 0.592. The third kappa shape index (κ3) is 5.79. The van der Waals surface area contributed by atoms with Gasteiger partial charge in [0.1, 0.15) is 0 Å². The highest BCUT2D eigenvalue weighted by atomic mass is 19.4. The molecule has 0 radical (unpaired) electrons. The first-order valence-electron chi connectivity index (χ1n) is 7.98. The minimum absolute atomic E-state index is 0.0421. The molecule has 0 bridgehead atoms. The standard InChI is InChI=1S/C16H19F6N3O/c1-10(12-4-2-3-5-13(12)16(20,21)22)23-14(26)24-11-6-7-25(8-11)9-15(17,18)19/h2-5,10-11H,6-9H2,1H3,(H2,23,24,26). The quantitative estimate of drug-likeness (QED) is 0.779. The zero-order valence-corrected chi connectivity index (χ0v) is 13.9. The molecule has 146 valence electrons. The van der Waals surface area contributed by atoms with E-state index in [2.05, 4.69) is 10.6 Å². The first-order valence-corrected chi connectivity index (χ1v) is 7.98. The number of halogens is 6. The molecule has 1 aromatic rings. The fraction of sp³-hybridized carbons (Fsp3) is 0.562. The van der Waals surface area contributed by atoms with E-state index in [0.717, 1.165) is 6.07 Å². The molecular formula is C16H19F6N3O. The second-order valence-corrected chi connectivity index (χ2v) is 6.26. The van der Waals surface area contributed by atoms with E-state index in [0.29, 0.717) is 6.42 Å². The van der Waals surface area contributed by atoms with Gasteiger partial charge in [0.25, 0.3) is 0 Å². The highest BCUT2D eigenvalue weighted by Gasteiger charge is 2.36. The van der Waals surface area contributed by atoms with Gasteiger partial charge in [-0.15, -0.1) is 0 Å². The van der Waals surface area contributed by atoms with Crippen LogP contribution in [0.15, 0.2) is 24.3 Å². The van der Waals surface area contributed by atoms with Crippen molar-refractivity contribution in [1.29, 1.82) is 0 Å². The second kappa shape index (κ2) is 7.73. The molecule has 1 aliphatic rings. The van der Waals surface area contributed by atoms with Gasteiger partial charge in [0.2, 0.25) is 0 Å². The average Bonchev–Trinajstić information content (AvgIpc) is 2.91. The van der Waals surface area contributed by atoms with E-state index in [4.69, 9.17) is 0 Å². The zero-order valence-electron chi connectivity index (χ0n) is 13.9. The van der Waals surface area contributed by atoms with Crippen LogP contribution in [0.5, 0.6) is 0 Å². The Morgan fingerprint density at radius 2 is 1.88 bits per heavy atom. The molecule has 1 saturated heterocycles. The van der Waals surface area contributed by atoms with Crippen molar-refractivity contribution in [3.05, 3.63) is 35.4 Å². The molecule has 2 N–H and O–H groups in total. The molecule has 2 unspecified atom stereocenters. The van der Waals surface area contributed by atoms with Crippen LogP contribution in [0.25, 0.3) is 0 Å². The van der Waals surface area contributed by atoms with E-state index in [1.165, 1.54) is 30.0 Å². The lowest BCUT2D eigenvalue weighted by molar-refractivity contribution is -0.143. The summed E-state index contributed by atoms with van der Waals surface area (Å²) in [6, 6.07) is 2.78. The predicted octanol–water partition coefficient (Wildman–Crippen LogP) is 3.70. The number of urea groups is 1. The maximum absolute atomic E-state index is 13.0. The van der Waals surface area contributed by atoms with Gasteiger partial charge in [-0.2, -0.15) is 26.3 Å². The minimum atomic E-state index is -4.55. The van der Waals surface area contributed by atoms with Crippen molar-refractivity contribution >= 4 is 6.03 Å². The van der Waals surface area contributed by atoms with Crippen molar-refractivity contribution in [2.24, 2.45) is 0 Å². The van der Waals surface area contributed by atoms with E-state index in [9.17, 15) is 31.1 Å². The van der Waals surface area contributed by atoms with Crippen LogP contribution in [-0.2, 0) is 6.18 Å².